The fraction of sp³-hybridized carbons (Fsp3) is 0.278. The number of likely N-dealkylation sites (N-methyl/N-ethyl adjacent to an activating group) is 1. The number of carbonyl (C=O) groups is 1. The third-order valence-electron chi connectivity index (χ3n) is 4.07. The highest BCUT2D eigenvalue weighted by atomic mass is 32.1. The van der Waals surface area contributed by atoms with Crippen LogP contribution in [-0.2, 0) is 7.05 Å². The van der Waals surface area contributed by atoms with Crippen LogP contribution in [0, 0.1) is 12.7 Å². The van der Waals surface area contributed by atoms with Crippen LogP contribution in [0.25, 0.3) is 10.2 Å². The molecule has 1 aromatic carbocycles. The Morgan fingerprint density at radius 1 is 1.38 bits per heavy atom. The molecular weight excluding hydrogens is 357 g/mol. The summed E-state index contributed by atoms with van der Waals surface area (Å²) in [4.78, 5) is 31.7. The molecular formula is C18H18FN3O3S. The molecule has 3 aromatic rings. The Kier molecular flexibility index (Phi) is 5.03. The predicted octanol–water partition coefficient (Wildman–Crippen LogP) is 2.59. The predicted molar refractivity (Wildman–Crippen MR) is 98.5 cm³/mol. The number of nitrogens with zero attached hydrogens (tertiary/aromatic N) is 3. The summed E-state index contributed by atoms with van der Waals surface area (Å²) >= 11 is 1.20. The maximum absolute atomic E-state index is 13.5. The monoisotopic (exact) mass is 375 g/mol. The first-order valence-electron chi connectivity index (χ1n) is 7.97. The molecule has 26 heavy (non-hydrogen) atoms. The molecule has 2 aromatic heterocycles. The first-order chi connectivity index (χ1) is 12.4. The Balaban J connectivity index is 1.74. The van der Waals surface area contributed by atoms with Crippen molar-refractivity contribution in [3.63, 3.8) is 0 Å². The van der Waals surface area contributed by atoms with Crippen LogP contribution in [0.4, 0.5) is 4.39 Å². The second kappa shape index (κ2) is 7.25. The average Bonchev–Trinajstić information content (AvgIpc) is 2.96. The van der Waals surface area contributed by atoms with Gasteiger partial charge in [0.25, 0.3) is 11.5 Å². The van der Waals surface area contributed by atoms with E-state index in [2.05, 4.69) is 4.98 Å². The molecule has 0 aliphatic carbocycles. The van der Waals surface area contributed by atoms with Crippen molar-refractivity contribution in [1.29, 1.82) is 0 Å². The van der Waals surface area contributed by atoms with Crippen molar-refractivity contribution in [2.45, 2.75) is 6.92 Å². The van der Waals surface area contributed by atoms with Crippen LogP contribution in [-0.4, -0.2) is 40.6 Å². The third kappa shape index (κ3) is 3.32. The van der Waals surface area contributed by atoms with Gasteiger partial charge in [0, 0.05) is 14.1 Å². The fourth-order valence-corrected chi connectivity index (χ4v) is 3.68. The molecule has 0 spiro atoms. The molecule has 0 atom stereocenters. The SMILES string of the molecule is Cc1c(C(=O)N(C)CCOc2ccccc2F)sc2ncn(C)c(=O)c12. The molecule has 0 aliphatic heterocycles. The topological polar surface area (TPSA) is 64.4 Å². The number of hydrogen-bond acceptors (Lipinski definition) is 5. The molecule has 0 radical (unpaired) electrons. The fourth-order valence-electron chi connectivity index (χ4n) is 2.54. The number of aromatic nitrogens is 2. The van der Waals surface area contributed by atoms with E-state index >= 15 is 0 Å². The van der Waals surface area contributed by atoms with E-state index in [4.69, 9.17) is 4.74 Å². The van der Waals surface area contributed by atoms with E-state index in [-0.39, 0.29) is 30.4 Å². The zero-order chi connectivity index (χ0) is 18.8. The molecule has 2 heterocycles. The molecule has 0 saturated carbocycles. The minimum absolute atomic E-state index is 0.152. The van der Waals surface area contributed by atoms with Crippen molar-refractivity contribution < 1.29 is 13.9 Å². The van der Waals surface area contributed by atoms with E-state index < -0.39 is 5.82 Å². The highest BCUT2D eigenvalue weighted by Gasteiger charge is 2.21. The normalized spacial score (nSPS) is 10.9. The van der Waals surface area contributed by atoms with Gasteiger partial charge in [-0.2, -0.15) is 0 Å². The van der Waals surface area contributed by atoms with Gasteiger partial charge in [-0.1, -0.05) is 12.1 Å². The van der Waals surface area contributed by atoms with Crippen LogP contribution in [0.15, 0.2) is 35.4 Å². The summed E-state index contributed by atoms with van der Waals surface area (Å²) in [6.45, 7) is 2.19. The number of amides is 1. The molecule has 0 saturated heterocycles. The Labute approximate surface area is 153 Å². The lowest BCUT2D eigenvalue weighted by Gasteiger charge is -2.17. The number of ether oxygens (including phenoxy) is 1. The standard InChI is InChI=1S/C18H18FN3O3S/c1-11-14-16(20-10-22(3)17(14)23)26-15(11)18(24)21(2)8-9-25-13-7-5-4-6-12(13)19/h4-7,10H,8-9H2,1-3H3. The van der Waals surface area contributed by atoms with E-state index in [0.717, 1.165) is 0 Å². The molecule has 0 fully saturated rings. The molecule has 6 nitrogen and oxygen atoms in total. The Hall–Kier alpha value is -2.74. The Morgan fingerprint density at radius 3 is 2.85 bits per heavy atom. The number of aryl methyl sites for hydroxylation is 2. The molecule has 136 valence electrons. The van der Waals surface area contributed by atoms with E-state index in [9.17, 15) is 14.0 Å². The first kappa shape index (κ1) is 18.1. The van der Waals surface area contributed by atoms with Crippen LogP contribution < -0.4 is 10.3 Å². The van der Waals surface area contributed by atoms with Gasteiger partial charge in [0.2, 0.25) is 0 Å². The van der Waals surface area contributed by atoms with E-state index in [0.29, 0.717) is 20.7 Å². The molecule has 0 N–H and O–H groups in total. The number of rotatable bonds is 5. The number of thiophene rings is 1. The Morgan fingerprint density at radius 2 is 2.12 bits per heavy atom. The van der Waals surface area contributed by atoms with Gasteiger partial charge in [-0.05, 0) is 24.6 Å². The molecule has 0 bridgehead atoms. The summed E-state index contributed by atoms with van der Waals surface area (Å²) in [6.07, 6.45) is 1.45. The van der Waals surface area contributed by atoms with Gasteiger partial charge in [-0.3, -0.25) is 9.59 Å². The lowest BCUT2D eigenvalue weighted by atomic mass is 10.2. The molecule has 8 heteroatoms. The smallest absolute Gasteiger partial charge is 0.264 e. The largest absolute Gasteiger partial charge is 0.489 e. The van der Waals surface area contributed by atoms with Gasteiger partial charge in [0.15, 0.2) is 11.6 Å². The summed E-state index contributed by atoms with van der Waals surface area (Å²) in [5, 5.41) is 0.472. The maximum Gasteiger partial charge on any atom is 0.264 e. The lowest BCUT2D eigenvalue weighted by Crippen LogP contribution is -2.30. The number of benzene rings is 1. The molecule has 0 unspecified atom stereocenters. The number of halogens is 1. The number of fused-ring (bicyclic) bond motifs is 1. The van der Waals surface area contributed by atoms with Gasteiger partial charge < -0.3 is 14.2 Å². The number of hydrogen-bond donors (Lipinski definition) is 0. The van der Waals surface area contributed by atoms with Gasteiger partial charge in [0.05, 0.1) is 23.1 Å². The summed E-state index contributed by atoms with van der Waals surface area (Å²) < 4.78 is 20.3. The van der Waals surface area contributed by atoms with Crippen LogP contribution >= 0.6 is 11.3 Å². The molecule has 1 amide bonds. The van der Waals surface area contributed by atoms with Gasteiger partial charge in [-0.15, -0.1) is 11.3 Å². The maximum atomic E-state index is 13.5. The quantitative estimate of drug-likeness (QED) is 0.688. The van der Waals surface area contributed by atoms with Crippen LogP contribution in [0.2, 0.25) is 0 Å². The third-order valence-corrected chi connectivity index (χ3v) is 5.26. The van der Waals surface area contributed by atoms with Crippen molar-refractivity contribution in [2.75, 3.05) is 20.2 Å². The van der Waals surface area contributed by atoms with Gasteiger partial charge >= 0.3 is 0 Å². The van der Waals surface area contributed by atoms with E-state index in [1.807, 2.05) is 0 Å². The zero-order valence-corrected chi connectivity index (χ0v) is 15.5. The summed E-state index contributed by atoms with van der Waals surface area (Å²) in [7, 11) is 3.27. The average molecular weight is 375 g/mol. The summed E-state index contributed by atoms with van der Waals surface area (Å²) in [5.41, 5.74) is 0.457. The first-order valence-corrected chi connectivity index (χ1v) is 8.79. The lowest BCUT2D eigenvalue weighted by molar-refractivity contribution is 0.0777. The van der Waals surface area contributed by atoms with Crippen molar-refractivity contribution in [3.8, 4) is 5.75 Å². The second-order valence-corrected chi connectivity index (χ2v) is 6.90. The number of para-hydroxylation sites is 1. The highest BCUT2D eigenvalue weighted by molar-refractivity contribution is 7.20. The second-order valence-electron chi connectivity index (χ2n) is 5.90. The Bertz CT molecular complexity index is 1030. The van der Waals surface area contributed by atoms with Gasteiger partial charge in [-0.25, -0.2) is 9.37 Å². The van der Waals surface area contributed by atoms with Crippen LogP contribution in [0.5, 0.6) is 5.75 Å². The van der Waals surface area contributed by atoms with Crippen molar-refractivity contribution >= 4 is 27.5 Å². The number of carbonyl (C=O) groups excluding carboxylic acids is 1. The van der Waals surface area contributed by atoms with E-state index in [1.165, 1.54) is 39.3 Å². The molecule has 0 aliphatic rings. The summed E-state index contributed by atoms with van der Waals surface area (Å²) in [6, 6.07) is 6.12. The van der Waals surface area contributed by atoms with Crippen molar-refractivity contribution in [2.24, 2.45) is 7.05 Å². The van der Waals surface area contributed by atoms with Gasteiger partial charge in [0.1, 0.15) is 11.4 Å². The van der Waals surface area contributed by atoms with Crippen LogP contribution in [0.3, 0.4) is 0 Å². The van der Waals surface area contributed by atoms with Crippen molar-refractivity contribution in [1.82, 2.24) is 14.5 Å². The summed E-state index contributed by atoms with van der Waals surface area (Å²) in [5.74, 6) is -0.507. The zero-order valence-electron chi connectivity index (χ0n) is 14.7. The van der Waals surface area contributed by atoms with E-state index in [1.54, 1.807) is 33.2 Å². The minimum atomic E-state index is -0.441. The molecule has 3 rings (SSSR count). The minimum Gasteiger partial charge on any atom is -0.489 e. The highest BCUT2D eigenvalue weighted by Crippen LogP contribution is 2.27. The van der Waals surface area contributed by atoms with Crippen molar-refractivity contribution in [3.05, 3.63) is 57.2 Å². The van der Waals surface area contributed by atoms with Crippen LogP contribution in [0.1, 0.15) is 15.2 Å².